The molecule has 7 heteroatoms. The number of thiophene rings is 1. The van der Waals surface area contributed by atoms with E-state index in [1.165, 1.54) is 16.2 Å². The maximum Gasteiger partial charge on any atom is 0.390 e. The summed E-state index contributed by atoms with van der Waals surface area (Å²) in [5, 5.41) is 6.90. The minimum atomic E-state index is -4.25. The highest BCUT2D eigenvalue weighted by Gasteiger charge is 2.41. The molecule has 21 heavy (non-hydrogen) atoms. The lowest BCUT2D eigenvalue weighted by Gasteiger charge is -2.24. The molecule has 3 nitrogen and oxygen atoms in total. The highest BCUT2D eigenvalue weighted by atomic mass is 32.1. The first-order valence-corrected chi connectivity index (χ1v) is 7.87. The van der Waals surface area contributed by atoms with Crippen molar-refractivity contribution >= 4 is 17.2 Å². The summed E-state index contributed by atoms with van der Waals surface area (Å²) in [6, 6.07) is 1.44. The van der Waals surface area contributed by atoms with Crippen molar-refractivity contribution in [2.45, 2.75) is 45.1 Å². The number of nitrogens with zero attached hydrogens (tertiary/aromatic N) is 1. The smallest absolute Gasteiger partial charge is 0.321 e. The van der Waals surface area contributed by atoms with Crippen molar-refractivity contribution in [1.29, 1.82) is 0 Å². The van der Waals surface area contributed by atoms with Crippen LogP contribution in [0.4, 0.5) is 13.2 Å². The first-order valence-electron chi connectivity index (χ1n) is 6.93. The predicted octanol–water partition coefficient (Wildman–Crippen LogP) is 3.55. The van der Waals surface area contributed by atoms with Gasteiger partial charge in [0.1, 0.15) is 6.17 Å². The van der Waals surface area contributed by atoms with E-state index in [1.807, 2.05) is 30.7 Å². The summed E-state index contributed by atoms with van der Waals surface area (Å²) in [5.74, 6) is 0.0706. The average Bonchev–Trinajstić information content (AvgIpc) is 2.95. The van der Waals surface area contributed by atoms with Crippen molar-refractivity contribution in [2.75, 3.05) is 6.54 Å². The third-order valence-electron chi connectivity index (χ3n) is 3.45. The molecule has 0 spiro atoms. The Morgan fingerprint density at radius 2 is 2.14 bits per heavy atom. The van der Waals surface area contributed by atoms with Crippen molar-refractivity contribution < 1.29 is 18.0 Å². The second kappa shape index (κ2) is 6.36. The summed E-state index contributed by atoms with van der Waals surface area (Å²) in [7, 11) is 0. The molecule has 2 heterocycles. The minimum absolute atomic E-state index is 0.232. The van der Waals surface area contributed by atoms with Crippen LogP contribution in [0.25, 0.3) is 0 Å². The van der Waals surface area contributed by atoms with Crippen LogP contribution in [0.3, 0.4) is 0 Å². The quantitative estimate of drug-likeness (QED) is 0.900. The Bertz CT molecular complexity index is 473. The number of carbonyl (C=O) groups is 1. The van der Waals surface area contributed by atoms with Crippen molar-refractivity contribution in [1.82, 2.24) is 10.2 Å². The number of rotatable bonds is 5. The molecule has 1 aliphatic heterocycles. The van der Waals surface area contributed by atoms with E-state index in [1.54, 1.807) is 0 Å². The van der Waals surface area contributed by atoms with Crippen LogP contribution >= 0.6 is 11.3 Å². The highest BCUT2D eigenvalue weighted by molar-refractivity contribution is 7.07. The summed E-state index contributed by atoms with van der Waals surface area (Å²) >= 11 is 1.47. The molecule has 1 saturated heterocycles. The third kappa shape index (κ3) is 4.20. The summed E-state index contributed by atoms with van der Waals surface area (Å²) in [6.07, 6.45) is -5.05. The zero-order valence-electron chi connectivity index (χ0n) is 12.0. The maximum absolute atomic E-state index is 12.5. The lowest BCUT2D eigenvalue weighted by atomic mass is 10.0. The highest BCUT2D eigenvalue weighted by Crippen LogP contribution is 2.31. The molecule has 1 N–H and O–H groups in total. The van der Waals surface area contributed by atoms with Crippen LogP contribution in [-0.2, 0) is 4.79 Å². The van der Waals surface area contributed by atoms with Crippen molar-refractivity contribution in [3.8, 4) is 0 Å². The molecule has 0 aromatic carbocycles. The number of hydrogen-bond donors (Lipinski definition) is 1. The Morgan fingerprint density at radius 1 is 1.43 bits per heavy atom. The Balaban J connectivity index is 2.14. The number of amides is 1. The van der Waals surface area contributed by atoms with E-state index < -0.39 is 24.8 Å². The third-order valence-corrected chi connectivity index (χ3v) is 4.16. The van der Waals surface area contributed by atoms with Gasteiger partial charge in [0.2, 0.25) is 5.91 Å². The van der Waals surface area contributed by atoms with Gasteiger partial charge in [-0.2, -0.15) is 24.5 Å². The fourth-order valence-electron chi connectivity index (χ4n) is 2.51. The maximum atomic E-state index is 12.5. The topological polar surface area (TPSA) is 32.3 Å². The zero-order valence-corrected chi connectivity index (χ0v) is 12.8. The van der Waals surface area contributed by atoms with Gasteiger partial charge in [0.15, 0.2) is 0 Å². The van der Waals surface area contributed by atoms with E-state index in [2.05, 4.69) is 5.32 Å². The van der Waals surface area contributed by atoms with E-state index in [0.717, 1.165) is 5.56 Å². The number of carbonyl (C=O) groups excluding carboxylic acids is 1. The molecule has 2 unspecified atom stereocenters. The predicted molar refractivity (Wildman–Crippen MR) is 75.8 cm³/mol. The van der Waals surface area contributed by atoms with Crippen LogP contribution in [0.15, 0.2) is 16.8 Å². The van der Waals surface area contributed by atoms with Gasteiger partial charge in [-0.15, -0.1) is 0 Å². The Labute approximate surface area is 126 Å². The summed E-state index contributed by atoms with van der Waals surface area (Å²) < 4.78 is 37.4. The first kappa shape index (κ1) is 16.3. The molecule has 1 amide bonds. The summed E-state index contributed by atoms with van der Waals surface area (Å²) in [6.45, 7) is 3.68. The van der Waals surface area contributed by atoms with E-state index in [4.69, 9.17) is 0 Å². The van der Waals surface area contributed by atoms with Gasteiger partial charge in [0.05, 0.1) is 12.5 Å². The van der Waals surface area contributed by atoms with Gasteiger partial charge in [-0.05, 0) is 34.7 Å². The molecule has 2 rings (SSSR count). The lowest BCUT2D eigenvalue weighted by molar-refractivity contribution is -0.145. The van der Waals surface area contributed by atoms with Gasteiger partial charge in [-0.3, -0.25) is 10.1 Å². The minimum Gasteiger partial charge on any atom is -0.321 e. The number of halogens is 3. The van der Waals surface area contributed by atoms with Gasteiger partial charge in [0.25, 0.3) is 0 Å². The van der Waals surface area contributed by atoms with Crippen LogP contribution in [0.5, 0.6) is 0 Å². The molecule has 1 aromatic heterocycles. The number of nitrogens with one attached hydrogen (secondary N) is 1. The van der Waals surface area contributed by atoms with Gasteiger partial charge < -0.3 is 4.90 Å². The van der Waals surface area contributed by atoms with Crippen LogP contribution in [-0.4, -0.2) is 29.6 Å². The SMILES string of the molecule is CC(C)CC1NC(c2ccsc2)N(CCC(F)(F)F)C1=O. The average molecular weight is 320 g/mol. The fraction of sp³-hybridized carbons (Fsp3) is 0.643. The van der Waals surface area contributed by atoms with Gasteiger partial charge in [0, 0.05) is 6.54 Å². The van der Waals surface area contributed by atoms with Crippen LogP contribution < -0.4 is 5.32 Å². The van der Waals surface area contributed by atoms with Crippen LogP contribution in [0.1, 0.15) is 38.4 Å². The van der Waals surface area contributed by atoms with E-state index in [-0.39, 0.29) is 12.5 Å². The molecule has 1 aliphatic rings. The molecule has 1 fully saturated rings. The van der Waals surface area contributed by atoms with Crippen LogP contribution in [0, 0.1) is 5.92 Å². The first-order chi connectivity index (χ1) is 9.78. The lowest BCUT2D eigenvalue weighted by Crippen LogP contribution is -2.34. The molecule has 0 aliphatic carbocycles. The molecule has 0 saturated carbocycles. The van der Waals surface area contributed by atoms with Gasteiger partial charge >= 0.3 is 6.18 Å². The standard InChI is InChI=1S/C14H19F3N2OS/c1-9(2)7-11-13(20)19(5-4-14(15,16)17)12(18-11)10-3-6-21-8-10/h3,6,8-9,11-12,18H,4-5,7H2,1-2H3. The Hall–Kier alpha value is -1.08. The molecule has 118 valence electrons. The van der Waals surface area contributed by atoms with E-state index in [0.29, 0.717) is 12.3 Å². The molecular formula is C14H19F3N2OS. The second-order valence-electron chi connectivity index (χ2n) is 5.70. The Kier molecular flexibility index (Phi) is 4.93. The molecular weight excluding hydrogens is 301 g/mol. The van der Waals surface area contributed by atoms with Crippen LogP contribution in [0.2, 0.25) is 0 Å². The molecule has 1 aromatic rings. The van der Waals surface area contributed by atoms with Gasteiger partial charge in [-0.25, -0.2) is 0 Å². The normalized spacial score (nSPS) is 23.3. The molecule has 2 atom stereocenters. The van der Waals surface area contributed by atoms with Crippen molar-refractivity contribution in [3.05, 3.63) is 22.4 Å². The monoisotopic (exact) mass is 320 g/mol. The van der Waals surface area contributed by atoms with Gasteiger partial charge in [-0.1, -0.05) is 13.8 Å². The van der Waals surface area contributed by atoms with Crippen molar-refractivity contribution in [2.24, 2.45) is 5.92 Å². The second-order valence-corrected chi connectivity index (χ2v) is 6.48. The zero-order chi connectivity index (χ0) is 15.6. The fourth-order valence-corrected chi connectivity index (χ4v) is 3.19. The Morgan fingerprint density at radius 3 is 2.67 bits per heavy atom. The van der Waals surface area contributed by atoms with Crippen molar-refractivity contribution in [3.63, 3.8) is 0 Å². The number of hydrogen-bond acceptors (Lipinski definition) is 3. The molecule has 0 bridgehead atoms. The largest absolute Gasteiger partial charge is 0.390 e. The van der Waals surface area contributed by atoms with E-state index >= 15 is 0 Å². The summed E-state index contributed by atoms with van der Waals surface area (Å²) in [5.41, 5.74) is 0.849. The molecule has 0 radical (unpaired) electrons. The summed E-state index contributed by atoms with van der Waals surface area (Å²) in [4.78, 5) is 13.7. The van der Waals surface area contributed by atoms with E-state index in [9.17, 15) is 18.0 Å². The number of alkyl halides is 3.